The number of nitrogens with zero attached hydrogens (tertiary/aromatic N) is 2. The first-order valence-corrected chi connectivity index (χ1v) is 23.9. The third-order valence-electron chi connectivity index (χ3n) is 15.0. The van der Waals surface area contributed by atoms with Crippen LogP contribution in [0.15, 0.2) is 279 Å². The first kappa shape index (κ1) is 35.2. The number of anilines is 6. The molecule has 2 nitrogen and oxygen atoms in total. The molecule has 0 radical (unpaired) electrons. The molecule has 0 bridgehead atoms. The van der Waals surface area contributed by atoms with Gasteiger partial charge in [-0.2, -0.15) is 0 Å². The van der Waals surface area contributed by atoms with Crippen LogP contribution in [0.2, 0.25) is 0 Å². The number of benzene rings is 11. The Morgan fingerprint density at radius 1 is 0.271 bits per heavy atom. The summed E-state index contributed by atoms with van der Waals surface area (Å²) in [5.74, 6) is 0. The third kappa shape index (κ3) is 5.62. The van der Waals surface area contributed by atoms with Gasteiger partial charge in [-0.1, -0.05) is 212 Å². The summed E-state index contributed by atoms with van der Waals surface area (Å²) in [5, 5.41) is 0. The Morgan fingerprint density at radius 3 is 1.20 bits per heavy atom. The number of hydrogen-bond acceptors (Lipinski definition) is 2. The maximum atomic E-state index is 9.13. The van der Waals surface area contributed by atoms with Crippen LogP contribution < -0.4 is 9.80 Å². The van der Waals surface area contributed by atoms with Crippen molar-refractivity contribution < 1.29 is 6.85 Å². The van der Waals surface area contributed by atoms with Crippen LogP contribution in [0, 0.1) is 0 Å². The minimum Gasteiger partial charge on any atom is -0.310 e. The molecule has 3 aliphatic carbocycles. The van der Waals surface area contributed by atoms with Crippen molar-refractivity contribution in [3.63, 3.8) is 0 Å². The second kappa shape index (κ2) is 15.8. The molecule has 0 N–H and O–H groups in total. The summed E-state index contributed by atoms with van der Waals surface area (Å²) in [4.78, 5) is 4.26. The van der Waals surface area contributed by atoms with Gasteiger partial charge in [0, 0.05) is 34.0 Å². The zero-order valence-electron chi connectivity index (χ0n) is 43.1. The Kier molecular flexibility index (Phi) is 7.95. The molecule has 0 saturated heterocycles. The second-order valence-corrected chi connectivity index (χ2v) is 18.3. The Labute approximate surface area is 416 Å². The predicted molar refractivity (Wildman–Crippen MR) is 289 cm³/mol. The number of fused-ring (bicyclic) bond motifs is 13. The molecule has 0 heterocycles. The van der Waals surface area contributed by atoms with E-state index in [1.54, 1.807) is 4.90 Å². The fourth-order valence-electron chi connectivity index (χ4n) is 12.4. The van der Waals surface area contributed by atoms with Crippen LogP contribution in [0.25, 0.3) is 33.4 Å². The van der Waals surface area contributed by atoms with Gasteiger partial charge in [0.15, 0.2) is 0 Å². The second-order valence-electron chi connectivity index (χ2n) is 18.3. The lowest BCUT2D eigenvalue weighted by Crippen LogP contribution is -2.30. The van der Waals surface area contributed by atoms with Crippen molar-refractivity contribution in [1.29, 1.82) is 0 Å². The summed E-state index contributed by atoms with van der Waals surface area (Å²) in [6.07, 6.45) is 0. The summed E-state index contributed by atoms with van der Waals surface area (Å²) < 4.78 is 44.0. The topological polar surface area (TPSA) is 6.48 Å². The van der Waals surface area contributed by atoms with E-state index in [4.69, 9.17) is 6.85 Å². The van der Waals surface area contributed by atoms with Crippen LogP contribution in [-0.2, 0) is 10.8 Å². The minimum atomic E-state index is -0.688. The monoisotopic (exact) mass is 895 g/mol. The molecule has 3 aliphatic rings. The summed E-state index contributed by atoms with van der Waals surface area (Å²) >= 11 is 0. The van der Waals surface area contributed by atoms with Crippen molar-refractivity contribution in [3.8, 4) is 33.4 Å². The molecule has 11 aromatic carbocycles. The summed E-state index contributed by atoms with van der Waals surface area (Å²) in [6.45, 7) is 0. The fraction of sp³-hybridized carbons (Fsp3) is 0.0294. The number of para-hydroxylation sites is 3. The Balaban J connectivity index is 1.000. The maximum absolute atomic E-state index is 9.13. The van der Waals surface area contributed by atoms with E-state index < -0.39 is 16.9 Å². The molecular formula is C68H46N2. The maximum Gasteiger partial charge on any atom is 0.0734 e. The third-order valence-corrected chi connectivity index (χ3v) is 15.0. The van der Waals surface area contributed by atoms with Crippen molar-refractivity contribution in [1.82, 2.24) is 0 Å². The normalized spacial score (nSPS) is 16.0. The van der Waals surface area contributed by atoms with E-state index in [1.807, 2.05) is 36.4 Å². The van der Waals surface area contributed by atoms with E-state index in [0.29, 0.717) is 11.4 Å². The quantitative estimate of drug-likeness (QED) is 0.150. The summed E-state index contributed by atoms with van der Waals surface area (Å²) in [7, 11) is 0. The van der Waals surface area contributed by atoms with E-state index in [1.165, 1.54) is 50.1 Å². The van der Waals surface area contributed by atoms with Crippen LogP contribution in [0.1, 0.15) is 51.4 Å². The van der Waals surface area contributed by atoms with Crippen LogP contribution in [0.4, 0.5) is 34.1 Å². The molecule has 11 aromatic rings. The van der Waals surface area contributed by atoms with Crippen LogP contribution >= 0.6 is 0 Å². The number of hydrogen-bond donors (Lipinski definition) is 0. The van der Waals surface area contributed by atoms with Crippen LogP contribution in [0.3, 0.4) is 0 Å². The first-order chi connectivity index (χ1) is 36.8. The van der Waals surface area contributed by atoms with E-state index >= 15 is 0 Å². The lowest BCUT2D eigenvalue weighted by atomic mass is 9.67. The van der Waals surface area contributed by atoms with Gasteiger partial charge >= 0.3 is 0 Å². The lowest BCUT2D eigenvalue weighted by molar-refractivity contribution is 0.768. The smallest absolute Gasteiger partial charge is 0.0734 e. The number of rotatable bonds is 8. The molecule has 2 heteroatoms. The van der Waals surface area contributed by atoms with Crippen molar-refractivity contribution in [2.24, 2.45) is 0 Å². The van der Waals surface area contributed by atoms with E-state index in [9.17, 15) is 0 Å². The average molecular weight is 896 g/mol. The largest absolute Gasteiger partial charge is 0.310 e. The van der Waals surface area contributed by atoms with Crippen molar-refractivity contribution in [3.05, 3.63) is 323 Å². The predicted octanol–water partition coefficient (Wildman–Crippen LogP) is 17.3. The molecule has 14 rings (SSSR count). The zero-order chi connectivity index (χ0) is 50.6. The van der Waals surface area contributed by atoms with Gasteiger partial charge in [-0.25, -0.2) is 0 Å². The van der Waals surface area contributed by atoms with Crippen molar-refractivity contribution in [2.45, 2.75) is 10.8 Å². The molecule has 1 atom stereocenters. The Hall–Kier alpha value is -8.98. The van der Waals surface area contributed by atoms with Gasteiger partial charge in [-0.3, -0.25) is 0 Å². The summed E-state index contributed by atoms with van der Waals surface area (Å²) in [6, 6.07) is 87.2. The highest BCUT2D eigenvalue weighted by molar-refractivity contribution is 5.99. The van der Waals surface area contributed by atoms with E-state index in [2.05, 4.69) is 217 Å². The molecule has 70 heavy (non-hydrogen) atoms. The van der Waals surface area contributed by atoms with Crippen LogP contribution in [-0.4, -0.2) is 0 Å². The molecular weight excluding hydrogens is 845 g/mol. The van der Waals surface area contributed by atoms with Gasteiger partial charge < -0.3 is 9.80 Å². The van der Waals surface area contributed by atoms with Gasteiger partial charge in [0.25, 0.3) is 0 Å². The highest BCUT2D eigenvalue weighted by atomic mass is 15.2. The van der Waals surface area contributed by atoms with Gasteiger partial charge in [0.2, 0.25) is 0 Å². The molecule has 328 valence electrons. The molecule has 1 unspecified atom stereocenters. The minimum absolute atomic E-state index is 0.0953. The Bertz CT molecular complexity index is 4020. The van der Waals surface area contributed by atoms with Crippen molar-refractivity contribution >= 4 is 34.1 Å². The lowest BCUT2D eigenvalue weighted by Gasteiger charge is -2.38. The average Bonchev–Trinajstić information content (AvgIpc) is 4.11. The SMILES string of the molecule is [2H]c1c([2H])c([2H])c(N(c2ccccc2)c2ccc3c(c2)-c2ccccc2C32c3ccccc3-c3cc(N(c4ccccc4)c4cccc5c4C(c4ccccc4)(c4ccccc4)c4ccccc4-5)ccc32)c([2H])c1[2H]. The molecule has 0 aromatic heterocycles. The molecule has 0 amide bonds. The fourth-order valence-corrected chi connectivity index (χ4v) is 12.4. The molecule has 1 spiro atoms. The highest BCUT2D eigenvalue weighted by Gasteiger charge is 2.52. The van der Waals surface area contributed by atoms with Gasteiger partial charge in [0.05, 0.1) is 23.4 Å². The summed E-state index contributed by atoms with van der Waals surface area (Å²) in [5.41, 5.74) is 19.7. The molecule has 0 aliphatic heterocycles. The van der Waals surface area contributed by atoms with E-state index in [0.717, 1.165) is 44.9 Å². The van der Waals surface area contributed by atoms with E-state index in [-0.39, 0.29) is 29.9 Å². The highest BCUT2D eigenvalue weighted by Crippen LogP contribution is 2.65. The standard InChI is InChI=1S/C68H46N2/c1-6-23-47(24-7-1)67(48-25-8-2-9-26-48)60-37-19-16-33-54(60)57-36-22-40-65(66(57)67)70(51-31-14-5-15-32-51)53-42-44-64-59(46-53)56-35-18-21-39-62(56)68(64)61-38-20-17-34-55(61)58-45-52(41-43-63(58)68)69(49-27-10-3-11-28-49)50-29-12-4-13-30-50/h1-46H/i3D,10D,11D,27D,28D. The zero-order valence-corrected chi connectivity index (χ0v) is 38.1. The van der Waals surface area contributed by atoms with Gasteiger partial charge in [-0.05, 0) is 139 Å². The van der Waals surface area contributed by atoms with Gasteiger partial charge in [0.1, 0.15) is 0 Å². The molecule has 0 fully saturated rings. The van der Waals surface area contributed by atoms with Gasteiger partial charge in [-0.15, -0.1) is 0 Å². The van der Waals surface area contributed by atoms with Crippen LogP contribution in [0.5, 0.6) is 0 Å². The first-order valence-electron chi connectivity index (χ1n) is 26.4. The van der Waals surface area contributed by atoms with Crippen molar-refractivity contribution in [2.75, 3.05) is 9.80 Å². The molecule has 0 saturated carbocycles. The Morgan fingerprint density at radius 2 is 0.671 bits per heavy atom.